The van der Waals surface area contributed by atoms with E-state index in [4.69, 9.17) is 4.74 Å². The minimum absolute atomic E-state index is 0.0636. The molecule has 4 aromatic rings. The number of carbonyl (C=O) groups is 1. The Hall–Kier alpha value is -3.52. The van der Waals surface area contributed by atoms with E-state index in [1.54, 1.807) is 16.8 Å². The standard InChI is InChI=1S/C21H16FN3O3S/c1-12-18(13-6-4-3-5-7-13)24-25(21-23-16(11-29-21)20(26)27)19(12)14-8-9-17(28-2)15(22)10-14/h3-11H,1-2H3,(H,26,27). The van der Waals surface area contributed by atoms with Gasteiger partial charge in [0.15, 0.2) is 17.3 Å². The minimum Gasteiger partial charge on any atom is -0.494 e. The third-order valence-electron chi connectivity index (χ3n) is 4.49. The van der Waals surface area contributed by atoms with E-state index < -0.39 is 11.8 Å². The maximum atomic E-state index is 14.4. The molecule has 8 heteroatoms. The quantitative estimate of drug-likeness (QED) is 0.511. The fourth-order valence-corrected chi connectivity index (χ4v) is 3.87. The lowest BCUT2D eigenvalue weighted by molar-refractivity contribution is 0.0691. The van der Waals surface area contributed by atoms with E-state index in [9.17, 15) is 14.3 Å². The molecule has 0 spiro atoms. The summed E-state index contributed by atoms with van der Waals surface area (Å²) in [5, 5.41) is 15.7. The maximum Gasteiger partial charge on any atom is 0.355 e. The summed E-state index contributed by atoms with van der Waals surface area (Å²) in [4.78, 5) is 15.4. The Morgan fingerprint density at radius 1 is 1.17 bits per heavy atom. The second-order valence-corrected chi connectivity index (χ2v) is 7.11. The van der Waals surface area contributed by atoms with E-state index in [1.165, 1.54) is 18.6 Å². The zero-order valence-corrected chi connectivity index (χ0v) is 16.4. The summed E-state index contributed by atoms with van der Waals surface area (Å²) in [6.45, 7) is 1.90. The monoisotopic (exact) mass is 409 g/mol. The number of nitrogens with zero attached hydrogens (tertiary/aromatic N) is 3. The summed E-state index contributed by atoms with van der Waals surface area (Å²) < 4.78 is 21.0. The largest absolute Gasteiger partial charge is 0.494 e. The summed E-state index contributed by atoms with van der Waals surface area (Å²) in [7, 11) is 1.41. The molecule has 0 saturated heterocycles. The number of hydrogen-bond acceptors (Lipinski definition) is 5. The molecule has 6 nitrogen and oxygen atoms in total. The smallest absolute Gasteiger partial charge is 0.355 e. The van der Waals surface area contributed by atoms with Gasteiger partial charge in [-0.25, -0.2) is 18.9 Å². The molecule has 0 saturated carbocycles. The molecule has 0 unspecified atom stereocenters. The van der Waals surface area contributed by atoms with Crippen LogP contribution in [-0.4, -0.2) is 33.0 Å². The number of hydrogen-bond donors (Lipinski definition) is 1. The van der Waals surface area contributed by atoms with Crippen LogP contribution in [0.2, 0.25) is 0 Å². The van der Waals surface area contributed by atoms with Crippen LogP contribution in [0.4, 0.5) is 4.39 Å². The second kappa shape index (κ2) is 7.48. The van der Waals surface area contributed by atoms with Crippen LogP contribution in [0.5, 0.6) is 5.75 Å². The molecule has 0 bridgehead atoms. The summed E-state index contributed by atoms with van der Waals surface area (Å²) in [6.07, 6.45) is 0. The third-order valence-corrected chi connectivity index (χ3v) is 5.30. The molecule has 0 radical (unpaired) electrons. The van der Waals surface area contributed by atoms with E-state index in [0.29, 0.717) is 22.1 Å². The van der Waals surface area contributed by atoms with Gasteiger partial charge in [-0.1, -0.05) is 30.3 Å². The number of carboxylic acids is 1. The van der Waals surface area contributed by atoms with Gasteiger partial charge in [0, 0.05) is 22.1 Å². The number of aromatic carboxylic acids is 1. The van der Waals surface area contributed by atoms with Gasteiger partial charge < -0.3 is 9.84 Å². The Balaban J connectivity index is 1.95. The van der Waals surface area contributed by atoms with Crippen molar-refractivity contribution < 1.29 is 19.0 Å². The minimum atomic E-state index is -1.11. The molecular formula is C21H16FN3O3S. The number of carboxylic acid groups (broad SMARTS) is 1. The van der Waals surface area contributed by atoms with Crippen LogP contribution in [0.25, 0.3) is 27.6 Å². The van der Waals surface area contributed by atoms with Gasteiger partial charge in [-0.3, -0.25) is 0 Å². The lowest BCUT2D eigenvalue weighted by Gasteiger charge is -2.08. The molecule has 0 atom stereocenters. The van der Waals surface area contributed by atoms with E-state index in [2.05, 4.69) is 10.1 Å². The zero-order chi connectivity index (χ0) is 20.5. The van der Waals surface area contributed by atoms with Crippen LogP contribution in [0.3, 0.4) is 0 Å². The average molecular weight is 409 g/mol. The number of benzene rings is 2. The average Bonchev–Trinajstić information content (AvgIpc) is 3.33. The van der Waals surface area contributed by atoms with Crippen molar-refractivity contribution in [3.05, 3.63) is 71.0 Å². The van der Waals surface area contributed by atoms with Crippen molar-refractivity contribution in [2.75, 3.05) is 7.11 Å². The van der Waals surface area contributed by atoms with E-state index in [1.807, 2.05) is 37.3 Å². The molecule has 146 valence electrons. The molecule has 29 heavy (non-hydrogen) atoms. The van der Waals surface area contributed by atoms with E-state index in [-0.39, 0.29) is 11.4 Å². The van der Waals surface area contributed by atoms with Crippen molar-refractivity contribution in [3.8, 4) is 33.4 Å². The van der Waals surface area contributed by atoms with Crippen LogP contribution >= 0.6 is 11.3 Å². The Morgan fingerprint density at radius 2 is 1.93 bits per heavy atom. The van der Waals surface area contributed by atoms with Crippen LogP contribution in [0.1, 0.15) is 16.1 Å². The number of methoxy groups -OCH3 is 1. The summed E-state index contributed by atoms with van der Waals surface area (Å²) in [5.74, 6) is -1.47. The van der Waals surface area contributed by atoms with Gasteiger partial charge in [0.05, 0.1) is 18.5 Å². The van der Waals surface area contributed by atoms with Crippen molar-refractivity contribution in [2.24, 2.45) is 0 Å². The molecule has 0 aliphatic rings. The first-order valence-corrected chi connectivity index (χ1v) is 9.55. The Kier molecular flexibility index (Phi) is 4.85. The number of ether oxygens (including phenoxy) is 1. The highest BCUT2D eigenvalue weighted by molar-refractivity contribution is 7.12. The van der Waals surface area contributed by atoms with Gasteiger partial charge in [-0.15, -0.1) is 11.3 Å². The molecule has 4 rings (SSSR count). The lowest BCUT2D eigenvalue weighted by atomic mass is 10.0. The summed E-state index contributed by atoms with van der Waals surface area (Å²) >= 11 is 1.16. The highest BCUT2D eigenvalue weighted by atomic mass is 32.1. The zero-order valence-electron chi connectivity index (χ0n) is 15.6. The van der Waals surface area contributed by atoms with Gasteiger partial charge in [0.25, 0.3) is 0 Å². The van der Waals surface area contributed by atoms with Crippen LogP contribution in [-0.2, 0) is 0 Å². The van der Waals surface area contributed by atoms with Crippen molar-refractivity contribution >= 4 is 17.3 Å². The summed E-state index contributed by atoms with van der Waals surface area (Å²) in [5.41, 5.74) is 3.59. The molecule has 0 fully saturated rings. The van der Waals surface area contributed by atoms with Gasteiger partial charge >= 0.3 is 5.97 Å². The first kappa shape index (κ1) is 18.8. The highest BCUT2D eigenvalue weighted by Gasteiger charge is 2.22. The molecule has 0 aliphatic carbocycles. The first-order valence-electron chi connectivity index (χ1n) is 8.67. The first-order chi connectivity index (χ1) is 14.0. The SMILES string of the molecule is COc1ccc(-c2c(C)c(-c3ccccc3)nn2-c2nc(C(=O)O)cs2)cc1F. The van der Waals surface area contributed by atoms with Crippen molar-refractivity contribution in [3.63, 3.8) is 0 Å². The van der Waals surface area contributed by atoms with Crippen molar-refractivity contribution in [1.82, 2.24) is 14.8 Å². The summed E-state index contributed by atoms with van der Waals surface area (Å²) in [6, 6.07) is 14.3. The predicted octanol–water partition coefficient (Wildman–Crippen LogP) is 4.82. The Bertz CT molecular complexity index is 1200. The van der Waals surface area contributed by atoms with Crippen LogP contribution < -0.4 is 4.74 Å². The predicted molar refractivity (Wildman–Crippen MR) is 108 cm³/mol. The molecule has 0 aliphatic heterocycles. The van der Waals surface area contributed by atoms with E-state index in [0.717, 1.165) is 22.5 Å². The molecule has 2 aromatic carbocycles. The molecule has 2 heterocycles. The fraction of sp³-hybridized carbons (Fsp3) is 0.0952. The van der Waals surface area contributed by atoms with Gasteiger partial charge in [0.2, 0.25) is 5.13 Å². The Labute approximate surface area is 169 Å². The highest BCUT2D eigenvalue weighted by Crippen LogP contribution is 2.35. The topological polar surface area (TPSA) is 77.2 Å². The fourth-order valence-electron chi connectivity index (χ4n) is 3.12. The van der Waals surface area contributed by atoms with Gasteiger partial charge in [-0.05, 0) is 25.1 Å². The normalized spacial score (nSPS) is 10.9. The van der Waals surface area contributed by atoms with Crippen LogP contribution in [0, 0.1) is 12.7 Å². The molecular weight excluding hydrogens is 393 g/mol. The van der Waals surface area contributed by atoms with Gasteiger partial charge in [0.1, 0.15) is 0 Å². The maximum absolute atomic E-state index is 14.4. The number of thiazole rings is 1. The lowest BCUT2D eigenvalue weighted by Crippen LogP contribution is -2.02. The number of halogens is 1. The second-order valence-electron chi connectivity index (χ2n) is 6.27. The van der Waals surface area contributed by atoms with E-state index >= 15 is 0 Å². The number of rotatable bonds is 5. The van der Waals surface area contributed by atoms with Crippen molar-refractivity contribution in [2.45, 2.75) is 6.92 Å². The van der Waals surface area contributed by atoms with Crippen LogP contribution in [0.15, 0.2) is 53.9 Å². The van der Waals surface area contributed by atoms with Gasteiger partial charge in [-0.2, -0.15) is 5.10 Å². The molecule has 1 N–H and O–H groups in total. The third kappa shape index (κ3) is 3.38. The van der Waals surface area contributed by atoms with Crippen molar-refractivity contribution in [1.29, 1.82) is 0 Å². The molecule has 0 amide bonds. The Morgan fingerprint density at radius 3 is 2.55 bits per heavy atom. The number of aromatic nitrogens is 3. The molecule has 2 aromatic heterocycles.